The van der Waals surface area contributed by atoms with Crippen molar-refractivity contribution in [1.82, 2.24) is 9.80 Å². The van der Waals surface area contributed by atoms with Crippen LogP contribution in [-0.4, -0.2) is 66.5 Å². The summed E-state index contributed by atoms with van der Waals surface area (Å²) in [5.74, 6) is 0.578. The second-order valence-electron chi connectivity index (χ2n) is 10.7. The van der Waals surface area contributed by atoms with Gasteiger partial charge in [-0.05, 0) is 87.8 Å². The highest BCUT2D eigenvalue weighted by atomic mass is 16.5. The number of ketones is 1. The summed E-state index contributed by atoms with van der Waals surface area (Å²) in [5, 5.41) is 11.4. The van der Waals surface area contributed by atoms with Gasteiger partial charge in [0.05, 0.1) is 18.2 Å². The third-order valence-corrected chi connectivity index (χ3v) is 6.85. The largest absolute Gasteiger partial charge is 0.507 e. The highest BCUT2D eigenvalue weighted by Gasteiger charge is 2.46. The maximum atomic E-state index is 13.4. The molecule has 37 heavy (non-hydrogen) atoms. The lowest BCUT2D eigenvalue weighted by Crippen LogP contribution is -2.32. The Morgan fingerprint density at radius 2 is 1.97 bits per heavy atom. The summed E-state index contributed by atoms with van der Waals surface area (Å²) in [6, 6.07) is 12.2. The number of aliphatic hydroxyl groups is 1. The molecule has 0 spiro atoms. The molecule has 4 rings (SSSR count). The molecular formula is C30H38N2O5. The van der Waals surface area contributed by atoms with E-state index in [9.17, 15) is 14.7 Å². The Morgan fingerprint density at radius 3 is 2.70 bits per heavy atom. The summed E-state index contributed by atoms with van der Waals surface area (Å²) >= 11 is 0. The van der Waals surface area contributed by atoms with Gasteiger partial charge < -0.3 is 24.4 Å². The molecule has 2 aromatic rings. The van der Waals surface area contributed by atoms with Gasteiger partial charge in [0.25, 0.3) is 11.7 Å². The van der Waals surface area contributed by atoms with Crippen LogP contribution in [-0.2, 0) is 16.0 Å². The number of ether oxygens (including phenoxy) is 2. The molecule has 198 valence electrons. The van der Waals surface area contributed by atoms with Crippen LogP contribution >= 0.6 is 0 Å². The van der Waals surface area contributed by atoms with Gasteiger partial charge in [0.2, 0.25) is 0 Å². The van der Waals surface area contributed by atoms with Gasteiger partial charge >= 0.3 is 0 Å². The van der Waals surface area contributed by atoms with E-state index >= 15 is 0 Å². The van der Waals surface area contributed by atoms with E-state index in [1.165, 1.54) is 0 Å². The molecule has 2 aliphatic rings. The minimum Gasteiger partial charge on any atom is -0.507 e. The normalized spacial score (nSPS) is 20.6. The number of carbonyl (C=O) groups excluding carboxylic acids is 2. The fraction of sp³-hybridized carbons (Fsp3) is 0.467. The van der Waals surface area contributed by atoms with Crippen LogP contribution in [0.5, 0.6) is 11.5 Å². The molecule has 2 atom stereocenters. The highest BCUT2D eigenvalue weighted by molar-refractivity contribution is 6.46. The molecule has 1 amide bonds. The third-order valence-electron chi connectivity index (χ3n) is 6.85. The van der Waals surface area contributed by atoms with Gasteiger partial charge in [-0.2, -0.15) is 0 Å². The SMILES string of the molecule is CC(C)CCOc1cccc([C@@H]2C(=C(O)c3ccc4c(c3)C[C@H](C)O4)C(=O)C(=O)N2CCCN(C)C)c1. The van der Waals surface area contributed by atoms with Crippen LogP contribution in [0.4, 0.5) is 0 Å². The Bertz CT molecular complexity index is 1190. The van der Waals surface area contributed by atoms with Crippen molar-refractivity contribution in [2.75, 3.05) is 33.8 Å². The van der Waals surface area contributed by atoms with Gasteiger partial charge in [-0.3, -0.25) is 9.59 Å². The van der Waals surface area contributed by atoms with Crippen molar-refractivity contribution < 1.29 is 24.2 Å². The Balaban J connectivity index is 1.73. The first-order chi connectivity index (χ1) is 17.7. The van der Waals surface area contributed by atoms with Crippen molar-refractivity contribution in [3.8, 4) is 11.5 Å². The molecule has 0 radical (unpaired) electrons. The van der Waals surface area contributed by atoms with Crippen molar-refractivity contribution in [3.63, 3.8) is 0 Å². The van der Waals surface area contributed by atoms with E-state index < -0.39 is 17.7 Å². The molecule has 0 unspecified atom stereocenters. The predicted molar refractivity (Wildman–Crippen MR) is 144 cm³/mol. The summed E-state index contributed by atoms with van der Waals surface area (Å²) in [6.45, 7) is 8.05. The molecule has 2 heterocycles. The van der Waals surface area contributed by atoms with E-state index in [1.54, 1.807) is 11.0 Å². The van der Waals surface area contributed by atoms with E-state index in [2.05, 4.69) is 13.8 Å². The minimum absolute atomic E-state index is 0.0631. The topological polar surface area (TPSA) is 79.3 Å². The highest BCUT2D eigenvalue weighted by Crippen LogP contribution is 2.41. The van der Waals surface area contributed by atoms with Gasteiger partial charge in [0.15, 0.2) is 0 Å². The molecule has 7 heteroatoms. The molecule has 1 fully saturated rings. The van der Waals surface area contributed by atoms with E-state index in [0.29, 0.717) is 36.8 Å². The zero-order valence-corrected chi connectivity index (χ0v) is 22.5. The molecule has 2 aliphatic heterocycles. The monoisotopic (exact) mass is 506 g/mol. The number of benzene rings is 2. The summed E-state index contributed by atoms with van der Waals surface area (Å²) in [4.78, 5) is 30.2. The second-order valence-corrected chi connectivity index (χ2v) is 10.7. The molecule has 0 aliphatic carbocycles. The van der Waals surface area contributed by atoms with Crippen LogP contribution in [0.2, 0.25) is 0 Å². The Hall–Kier alpha value is -3.32. The zero-order chi connectivity index (χ0) is 26.7. The molecule has 0 aromatic heterocycles. The molecule has 2 aromatic carbocycles. The van der Waals surface area contributed by atoms with E-state index in [1.807, 2.05) is 62.3 Å². The van der Waals surface area contributed by atoms with Gasteiger partial charge in [-0.15, -0.1) is 0 Å². The van der Waals surface area contributed by atoms with Crippen LogP contribution in [0.1, 0.15) is 56.3 Å². The van der Waals surface area contributed by atoms with Crippen molar-refractivity contribution in [1.29, 1.82) is 0 Å². The number of hydrogen-bond acceptors (Lipinski definition) is 6. The number of amides is 1. The molecule has 1 N–H and O–H groups in total. The van der Waals surface area contributed by atoms with Crippen LogP contribution in [0.3, 0.4) is 0 Å². The van der Waals surface area contributed by atoms with E-state index in [-0.39, 0.29) is 17.4 Å². The smallest absolute Gasteiger partial charge is 0.295 e. The maximum Gasteiger partial charge on any atom is 0.295 e. The van der Waals surface area contributed by atoms with Gasteiger partial charge in [-0.25, -0.2) is 0 Å². The van der Waals surface area contributed by atoms with Gasteiger partial charge in [0, 0.05) is 18.5 Å². The van der Waals surface area contributed by atoms with E-state index in [4.69, 9.17) is 9.47 Å². The third kappa shape index (κ3) is 5.99. The first-order valence-electron chi connectivity index (χ1n) is 13.1. The van der Waals surface area contributed by atoms with Crippen LogP contribution in [0.15, 0.2) is 48.0 Å². The maximum absolute atomic E-state index is 13.4. The number of likely N-dealkylation sites (tertiary alicyclic amines) is 1. The lowest BCUT2D eigenvalue weighted by atomic mass is 9.94. The number of carbonyl (C=O) groups is 2. The second kappa shape index (κ2) is 11.4. The van der Waals surface area contributed by atoms with Crippen molar-refractivity contribution in [3.05, 3.63) is 64.7 Å². The number of aliphatic hydroxyl groups excluding tert-OH is 1. The number of nitrogens with zero attached hydrogens (tertiary/aromatic N) is 2. The Labute approximate surface area is 219 Å². The standard InChI is InChI=1S/C30H38N2O5/c1-19(2)12-15-36-24-9-6-8-21(18-24)27-26(29(34)30(35)32(27)14-7-13-31(4)5)28(33)22-10-11-25-23(17-22)16-20(3)37-25/h6,8-11,17-20,27,33H,7,12-16H2,1-5H3/t20-,27+/m0/s1. The fourth-order valence-electron chi connectivity index (χ4n) is 4.93. The molecule has 0 bridgehead atoms. The fourth-order valence-corrected chi connectivity index (χ4v) is 4.93. The predicted octanol–water partition coefficient (Wildman–Crippen LogP) is 4.81. The first kappa shape index (κ1) is 26.7. The zero-order valence-electron chi connectivity index (χ0n) is 22.5. The van der Waals surface area contributed by atoms with Crippen LogP contribution in [0.25, 0.3) is 5.76 Å². The van der Waals surface area contributed by atoms with Crippen LogP contribution in [0, 0.1) is 5.92 Å². The minimum atomic E-state index is -0.695. The Morgan fingerprint density at radius 1 is 1.19 bits per heavy atom. The lowest BCUT2D eigenvalue weighted by molar-refractivity contribution is -0.139. The van der Waals surface area contributed by atoms with Crippen LogP contribution < -0.4 is 9.47 Å². The van der Waals surface area contributed by atoms with Gasteiger partial charge in [0.1, 0.15) is 23.4 Å². The summed E-state index contributed by atoms with van der Waals surface area (Å²) in [5.41, 5.74) is 2.35. The molecule has 1 saturated heterocycles. The average Bonchev–Trinajstić information content (AvgIpc) is 3.34. The number of Topliss-reactive ketones (excluding diaryl/α,β-unsaturated/α-hetero) is 1. The van der Waals surface area contributed by atoms with Gasteiger partial charge in [-0.1, -0.05) is 26.0 Å². The van der Waals surface area contributed by atoms with Crippen molar-refractivity contribution in [2.45, 2.75) is 52.2 Å². The number of hydrogen-bond donors (Lipinski definition) is 1. The summed E-state index contributed by atoms with van der Waals surface area (Å²) in [7, 11) is 3.95. The lowest BCUT2D eigenvalue weighted by Gasteiger charge is -2.26. The van der Waals surface area contributed by atoms with Crippen molar-refractivity contribution in [2.24, 2.45) is 5.92 Å². The molecule has 7 nitrogen and oxygen atoms in total. The summed E-state index contributed by atoms with van der Waals surface area (Å²) < 4.78 is 11.8. The quantitative estimate of drug-likeness (QED) is 0.283. The Kier molecular flexibility index (Phi) is 8.22. The first-order valence-corrected chi connectivity index (χ1v) is 13.1. The van der Waals surface area contributed by atoms with Crippen molar-refractivity contribution >= 4 is 17.4 Å². The number of rotatable bonds is 10. The number of fused-ring (bicyclic) bond motifs is 1. The summed E-state index contributed by atoms with van der Waals surface area (Å²) in [6.07, 6.45) is 2.42. The molecule has 0 saturated carbocycles. The molecular weight excluding hydrogens is 468 g/mol. The van der Waals surface area contributed by atoms with E-state index in [0.717, 1.165) is 36.3 Å². The average molecular weight is 507 g/mol.